The van der Waals surface area contributed by atoms with Crippen LogP contribution in [0.2, 0.25) is 0 Å². The zero-order valence-corrected chi connectivity index (χ0v) is 25.8. The first kappa shape index (κ1) is 29.8. The Labute approximate surface area is 260 Å². The third kappa shape index (κ3) is 6.63. The van der Waals surface area contributed by atoms with Gasteiger partial charge in [-0.1, -0.05) is 12.1 Å². The smallest absolute Gasteiger partial charge is 0.331 e. The lowest BCUT2D eigenvalue weighted by atomic mass is 9.98. The second-order valence-electron chi connectivity index (χ2n) is 12.1. The summed E-state index contributed by atoms with van der Waals surface area (Å²) >= 11 is 0. The topological polar surface area (TPSA) is 91.6 Å². The Morgan fingerprint density at radius 3 is 2.16 bits per heavy atom. The Bertz CT molecular complexity index is 1440. The lowest BCUT2D eigenvalue weighted by Crippen LogP contribution is -2.52. The molecule has 3 saturated heterocycles. The number of hydrogen-bond donors (Lipinski definition) is 1. The van der Waals surface area contributed by atoms with Crippen LogP contribution in [0.1, 0.15) is 43.2 Å². The highest BCUT2D eigenvalue weighted by Crippen LogP contribution is 2.32. The number of aryl methyl sites for hydroxylation is 1. The highest BCUT2D eigenvalue weighted by atomic mass is 16.5. The molecule has 0 aliphatic carbocycles. The zero-order chi connectivity index (χ0) is 30.6. The third-order valence-corrected chi connectivity index (χ3v) is 9.29. The molecule has 0 atom stereocenters. The number of rotatable bonds is 8. The minimum atomic E-state index is -0.267. The van der Waals surface area contributed by atoms with Crippen molar-refractivity contribution >= 4 is 29.0 Å². The van der Waals surface area contributed by atoms with Crippen molar-refractivity contribution in [2.45, 2.75) is 57.7 Å². The van der Waals surface area contributed by atoms with E-state index in [-0.39, 0.29) is 24.6 Å². The van der Waals surface area contributed by atoms with Crippen LogP contribution in [-0.2, 0) is 11.3 Å². The number of nitrogens with zero attached hydrogens (tertiary/aromatic N) is 4. The molecule has 0 bridgehead atoms. The first-order valence-corrected chi connectivity index (χ1v) is 15.7. The number of hydrogen-bond acceptors (Lipinski definition) is 7. The van der Waals surface area contributed by atoms with Gasteiger partial charge >= 0.3 is 6.03 Å². The molecule has 0 spiro atoms. The highest BCUT2D eigenvalue weighted by Gasteiger charge is 2.34. The van der Waals surface area contributed by atoms with E-state index in [4.69, 9.17) is 15.2 Å². The van der Waals surface area contributed by atoms with E-state index in [2.05, 4.69) is 28.9 Å². The van der Waals surface area contributed by atoms with Gasteiger partial charge in [-0.05, 0) is 98.3 Å². The van der Waals surface area contributed by atoms with Gasteiger partial charge in [-0.3, -0.25) is 19.5 Å². The normalized spacial score (nSPS) is 19.0. The number of methoxy groups -OCH3 is 1. The summed E-state index contributed by atoms with van der Waals surface area (Å²) in [6.07, 6.45) is 4.93. The summed E-state index contributed by atoms with van der Waals surface area (Å²) in [4.78, 5) is 34.4. The molecule has 3 amide bonds. The second kappa shape index (κ2) is 13.2. The fraction of sp³-hybridized carbons (Fsp3) is 0.429. The van der Waals surface area contributed by atoms with Crippen LogP contribution in [0.15, 0.2) is 66.7 Å². The van der Waals surface area contributed by atoms with Crippen molar-refractivity contribution in [3.63, 3.8) is 0 Å². The Hall–Kier alpha value is -4.24. The molecule has 232 valence electrons. The molecular weight excluding hydrogens is 554 g/mol. The number of nitrogens with two attached hydrogens (primary N) is 1. The number of benzene rings is 3. The number of carbonyl (C=O) groups is 2. The van der Waals surface area contributed by atoms with E-state index >= 15 is 0 Å². The Morgan fingerprint density at radius 2 is 1.50 bits per heavy atom. The minimum absolute atomic E-state index is 0.141. The average molecular weight is 598 g/mol. The monoisotopic (exact) mass is 597 g/mol. The predicted octanol–water partition coefficient (Wildman–Crippen LogP) is 5.46. The number of ether oxygens (including phenoxy) is 2. The molecule has 0 unspecified atom stereocenters. The third-order valence-electron chi connectivity index (χ3n) is 9.29. The number of imide groups is 1. The number of amides is 3. The molecule has 0 radical (unpaired) electrons. The van der Waals surface area contributed by atoms with Crippen molar-refractivity contribution in [3.8, 4) is 11.5 Å². The van der Waals surface area contributed by atoms with E-state index in [1.165, 1.54) is 10.6 Å². The van der Waals surface area contributed by atoms with Gasteiger partial charge in [0.15, 0.2) is 0 Å². The Morgan fingerprint density at radius 1 is 0.818 bits per heavy atom. The molecule has 44 heavy (non-hydrogen) atoms. The first-order valence-electron chi connectivity index (χ1n) is 15.7. The largest absolute Gasteiger partial charge is 0.497 e. The van der Waals surface area contributed by atoms with Crippen LogP contribution >= 0.6 is 0 Å². The SMILES string of the molecule is COc1ccc(CN2C(=O)CCN(c3ccc(N4CCC(N5CCC(Oc6ccc(N)cc6)CC5)CC4)cc3C)C2=O)cc1. The molecule has 3 aromatic rings. The molecule has 3 aromatic carbocycles. The van der Waals surface area contributed by atoms with Crippen molar-refractivity contribution in [2.75, 3.05) is 55.4 Å². The van der Waals surface area contributed by atoms with Gasteiger partial charge in [0, 0.05) is 62.2 Å². The van der Waals surface area contributed by atoms with Gasteiger partial charge in [0.2, 0.25) is 5.91 Å². The quantitative estimate of drug-likeness (QED) is 0.345. The number of nitrogen functional groups attached to an aromatic ring is 1. The maximum absolute atomic E-state index is 13.5. The van der Waals surface area contributed by atoms with Crippen LogP contribution in [0.25, 0.3) is 0 Å². The first-order chi connectivity index (χ1) is 21.4. The fourth-order valence-electron chi connectivity index (χ4n) is 6.71. The van der Waals surface area contributed by atoms with Crippen LogP contribution in [-0.4, -0.2) is 73.7 Å². The van der Waals surface area contributed by atoms with Gasteiger partial charge in [0.25, 0.3) is 0 Å². The van der Waals surface area contributed by atoms with Crippen LogP contribution in [0.4, 0.5) is 21.9 Å². The maximum atomic E-state index is 13.5. The number of anilines is 3. The van der Waals surface area contributed by atoms with E-state index in [0.29, 0.717) is 19.0 Å². The van der Waals surface area contributed by atoms with E-state index < -0.39 is 0 Å². The molecule has 3 aliphatic heterocycles. The molecule has 2 N–H and O–H groups in total. The standard InChI is InChI=1S/C35H43N5O4/c1-25-23-29(7-12-33(25)39-22-17-34(41)40(35(39)42)24-26-3-8-30(43-2)9-4-26)38-18-13-28(14-19-38)37-20-15-32(16-21-37)44-31-10-5-27(36)6-11-31/h3-12,23,28,32H,13-22,24,36H2,1-2H3. The summed E-state index contributed by atoms with van der Waals surface area (Å²) in [6, 6.07) is 21.9. The Balaban J connectivity index is 1.02. The lowest BCUT2D eigenvalue weighted by molar-refractivity contribution is -0.129. The van der Waals surface area contributed by atoms with E-state index in [1.807, 2.05) is 54.6 Å². The van der Waals surface area contributed by atoms with Crippen LogP contribution in [0, 0.1) is 6.92 Å². The summed E-state index contributed by atoms with van der Waals surface area (Å²) in [5.74, 6) is 1.50. The average Bonchev–Trinajstić information content (AvgIpc) is 3.05. The summed E-state index contributed by atoms with van der Waals surface area (Å²) < 4.78 is 11.4. The van der Waals surface area contributed by atoms with E-state index in [9.17, 15) is 9.59 Å². The van der Waals surface area contributed by atoms with Gasteiger partial charge in [0.05, 0.1) is 13.7 Å². The number of urea groups is 1. The lowest BCUT2D eigenvalue weighted by Gasteiger charge is -2.42. The zero-order valence-electron chi connectivity index (χ0n) is 25.8. The van der Waals surface area contributed by atoms with Gasteiger partial charge in [0.1, 0.15) is 17.6 Å². The summed E-state index contributed by atoms with van der Waals surface area (Å²) in [5, 5.41) is 0. The number of carbonyl (C=O) groups excluding carboxylic acids is 2. The Kier molecular flexibility index (Phi) is 8.93. The van der Waals surface area contributed by atoms with Gasteiger partial charge in [-0.2, -0.15) is 0 Å². The van der Waals surface area contributed by atoms with Gasteiger partial charge in [-0.15, -0.1) is 0 Å². The molecule has 9 heteroatoms. The molecule has 0 saturated carbocycles. The minimum Gasteiger partial charge on any atom is -0.497 e. The number of likely N-dealkylation sites (tertiary alicyclic amines) is 1. The van der Waals surface area contributed by atoms with Crippen molar-refractivity contribution in [3.05, 3.63) is 77.9 Å². The van der Waals surface area contributed by atoms with Crippen molar-refractivity contribution in [2.24, 2.45) is 0 Å². The van der Waals surface area contributed by atoms with Crippen molar-refractivity contribution in [1.29, 1.82) is 0 Å². The molecule has 3 aliphatic rings. The van der Waals surface area contributed by atoms with Crippen molar-refractivity contribution < 1.29 is 19.1 Å². The van der Waals surface area contributed by atoms with Gasteiger partial charge < -0.3 is 20.1 Å². The van der Waals surface area contributed by atoms with E-state index in [0.717, 1.165) is 85.9 Å². The number of piperidine rings is 2. The molecule has 6 rings (SSSR count). The molecule has 3 heterocycles. The maximum Gasteiger partial charge on any atom is 0.331 e. The van der Waals surface area contributed by atoms with Gasteiger partial charge in [-0.25, -0.2) is 4.79 Å². The van der Waals surface area contributed by atoms with Crippen LogP contribution < -0.4 is 25.0 Å². The fourth-order valence-corrected chi connectivity index (χ4v) is 6.71. The highest BCUT2D eigenvalue weighted by molar-refractivity contribution is 6.06. The van der Waals surface area contributed by atoms with Crippen LogP contribution in [0.3, 0.4) is 0 Å². The summed E-state index contributed by atoms with van der Waals surface area (Å²) in [7, 11) is 1.62. The summed E-state index contributed by atoms with van der Waals surface area (Å²) in [5.41, 5.74) is 10.5. The van der Waals surface area contributed by atoms with Crippen molar-refractivity contribution in [1.82, 2.24) is 9.80 Å². The summed E-state index contributed by atoms with van der Waals surface area (Å²) in [6.45, 7) is 6.86. The molecule has 9 nitrogen and oxygen atoms in total. The second-order valence-corrected chi connectivity index (χ2v) is 12.1. The molecular formula is C35H43N5O4. The predicted molar refractivity (Wildman–Crippen MR) is 173 cm³/mol. The molecule has 3 fully saturated rings. The van der Waals surface area contributed by atoms with Crippen LogP contribution in [0.5, 0.6) is 11.5 Å². The van der Waals surface area contributed by atoms with E-state index in [1.54, 1.807) is 12.0 Å². The molecule has 0 aromatic heterocycles.